The van der Waals surface area contributed by atoms with Gasteiger partial charge < -0.3 is 4.74 Å². The van der Waals surface area contributed by atoms with E-state index < -0.39 is 9.84 Å². The van der Waals surface area contributed by atoms with E-state index in [1.54, 1.807) is 12.3 Å². The van der Waals surface area contributed by atoms with E-state index in [9.17, 15) is 8.42 Å². The van der Waals surface area contributed by atoms with Crippen LogP contribution in [0.15, 0.2) is 33.7 Å². The van der Waals surface area contributed by atoms with Gasteiger partial charge in [-0.05, 0) is 31.4 Å². The van der Waals surface area contributed by atoms with Crippen LogP contribution in [0.25, 0.3) is 6.08 Å². The van der Waals surface area contributed by atoms with Crippen LogP contribution in [0, 0.1) is 5.92 Å². The Morgan fingerprint density at radius 3 is 2.69 bits per heavy atom. The first-order valence-electron chi connectivity index (χ1n) is 8.85. The van der Waals surface area contributed by atoms with Crippen molar-refractivity contribution in [2.75, 3.05) is 19.0 Å². The number of aromatic nitrogens is 1. The van der Waals surface area contributed by atoms with Gasteiger partial charge in [0.1, 0.15) is 17.4 Å². The maximum absolute atomic E-state index is 12.9. The molecule has 0 aliphatic carbocycles. The molecule has 0 atom stereocenters. The molecule has 0 fully saturated rings. The van der Waals surface area contributed by atoms with Gasteiger partial charge in [0.05, 0.1) is 0 Å². The van der Waals surface area contributed by atoms with Crippen LogP contribution in [0.4, 0.5) is 5.82 Å². The zero-order chi connectivity index (χ0) is 18.9. The highest BCUT2D eigenvalue weighted by molar-refractivity contribution is 7.91. The van der Waals surface area contributed by atoms with Crippen molar-refractivity contribution in [2.45, 2.75) is 38.6 Å². The molecular weight excluding hydrogens is 350 g/mol. The summed E-state index contributed by atoms with van der Waals surface area (Å²) in [7, 11) is -3.54. The van der Waals surface area contributed by atoms with Gasteiger partial charge in [-0.1, -0.05) is 32.1 Å². The van der Waals surface area contributed by atoms with Crippen LogP contribution < -0.4 is 4.74 Å². The lowest BCUT2D eigenvalue weighted by Crippen LogP contribution is -2.40. The number of hydrogen-bond acceptors (Lipinski definition) is 6. The molecule has 2 aliphatic heterocycles. The lowest BCUT2D eigenvalue weighted by molar-refractivity contribution is 0.186. The second-order valence-electron chi connectivity index (χ2n) is 7.14. The molecule has 0 amide bonds. The number of nitrogens with zero attached hydrogens (tertiary/aromatic N) is 3. The number of allylic oxidation sites excluding steroid dienone is 3. The van der Waals surface area contributed by atoms with Crippen LogP contribution in [0.3, 0.4) is 0 Å². The average molecular weight is 375 g/mol. The summed E-state index contributed by atoms with van der Waals surface area (Å²) in [5.41, 5.74) is 1.75. The van der Waals surface area contributed by atoms with Crippen LogP contribution in [0.1, 0.15) is 33.3 Å². The Morgan fingerprint density at radius 1 is 1.23 bits per heavy atom. The maximum atomic E-state index is 12.9. The minimum Gasteiger partial charge on any atom is -0.475 e. The van der Waals surface area contributed by atoms with Crippen molar-refractivity contribution in [2.24, 2.45) is 10.9 Å². The Morgan fingerprint density at radius 2 is 2.00 bits per heavy atom. The second-order valence-corrected chi connectivity index (χ2v) is 9.07. The van der Waals surface area contributed by atoms with Crippen LogP contribution in [0.5, 0.6) is 5.88 Å². The Hall–Kier alpha value is -1.99. The number of hydrogen-bond donors (Lipinski definition) is 0. The molecule has 0 N–H and O–H groups in total. The monoisotopic (exact) mass is 375 g/mol. The third kappa shape index (κ3) is 3.88. The Bertz CT molecular complexity index is 884. The molecule has 0 unspecified atom stereocenters. The van der Waals surface area contributed by atoms with Gasteiger partial charge in [0.15, 0.2) is 15.7 Å². The number of rotatable bonds is 2. The van der Waals surface area contributed by atoms with E-state index >= 15 is 0 Å². The van der Waals surface area contributed by atoms with E-state index in [1.807, 2.05) is 37.0 Å². The van der Waals surface area contributed by atoms with E-state index in [4.69, 9.17) is 4.74 Å². The highest BCUT2D eigenvalue weighted by Crippen LogP contribution is 2.32. The summed E-state index contributed by atoms with van der Waals surface area (Å²) in [6, 6.07) is 1.75. The maximum Gasteiger partial charge on any atom is 0.234 e. The van der Waals surface area contributed by atoms with Gasteiger partial charge in [-0.3, -0.25) is 4.90 Å². The third-order valence-corrected chi connectivity index (χ3v) is 6.18. The van der Waals surface area contributed by atoms with Crippen LogP contribution >= 0.6 is 0 Å². The summed E-state index contributed by atoms with van der Waals surface area (Å²) in [4.78, 5) is 10.9. The number of ether oxygens (including phenoxy) is 1. The topological polar surface area (TPSA) is 71.9 Å². The lowest BCUT2D eigenvalue weighted by Gasteiger charge is -2.28. The van der Waals surface area contributed by atoms with E-state index in [0.717, 1.165) is 5.57 Å². The molecule has 140 valence electrons. The van der Waals surface area contributed by atoms with Gasteiger partial charge in [0, 0.05) is 24.4 Å². The molecular formula is C19H25N3O3S. The van der Waals surface area contributed by atoms with Crippen molar-refractivity contribution in [3.63, 3.8) is 0 Å². The average Bonchev–Trinajstić information content (AvgIpc) is 2.53. The summed E-state index contributed by atoms with van der Waals surface area (Å²) in [6.45, 7) is 9.08. The summed E-state index contributed by atoms with van der Waals surface area (Å²) in [5.74, 6) is 0.926. The Kier molecular flexibility index (Phi) is 5.29. The molecule has 0 radical (unpaired) electrons. The highest BCUT2D eigenvalue weighted by Gasteiger charge is 2.29. The van der Waals surface area contributed by atoms with Gasteiger partial charge in [-0.15, -0.1) is 0 Å². The van der Waals surface area contributed by atoms with Crippen molar-refractivity contribution in [1.29, 1.82) is 0 Å². The number of fused-ring (bicyclic) bond motifs is 2. The van der Waals surface area contributed by atoms with Gasteiger partial charge >= 0.3 is 0 Å². The predicted octanol–water partition coefficient (Wildman–Crippen LogP) is 3.23. The fourth-order valence-corrected chi connectivity index (χ4v) is 4.52. The van der Waals surface area contributed by atoms with E-state index in [-0.39, 0.29) is 22.7 Å². The molecule has 0 saturated heterocycles. The molecule has 7 heteroatoms. The molecule has 0 bridgehead atoms. The standard InChI is InChI=1S/C19H25N3O3S/c1-13(2)16-7-5-6-15-10-17-19(21-18(15)20-11-16)25-9-8-22(14(3)4)12-26(17,23)24/h5-7,10-11,13-14H,8-9,12H2,1-4H3/b6-5-,7-5?,15-6?,16-7+,16-11?,20-11?,20-18?. The molecule has 26 heavy (non-hydrogen) atoms. The number of aliphatic imine (C=N–C) groups is 1. The first-order valence-corrected chi connectivity index (χ1v) is 10.5. The predicted molar refractivity (Wildman–Crippen MR) is 104 cm³/mol. The first-order chi connectivity index (χ1) is 12.3. The summed E-state index contributed by atoms with van der Waals surface area (Å²) in [5, 5.41) is 0. The first kappa shape index (κ1) is 18.8. The number of pyridine rings is 1. The van der Waals surface area contributed by atoms with Gasteiger partial charge in [0.2, 0.25) is 5.88 Å². The van der Waals surface area contributed by atoms with Crippen molar-refractivity contribution in [3.05, 3.63) is 29.4 Å². The van der Waals surface area contributed by atoms with Crippen molar-refractivity contribution >= 4 is 27.9 Å². The summed E-state index contributed by atoms with van der Waals surface area (Å²) in [6.07, 6.45) is 7.52. The molecule has 0 aromatic carbocycles. The van der Waals surface area contributed by atoms with Crippen LogP contribution in [-0.4, -0.2) is 49.6 Å². The van der Waals surface area contributed by atoms with Crippen molar-refractivity contribution in [3.8, 4) is 5.88 Å². The summed E-state index contributed by atoms with van der Waals surface area (Å²) >= 11 is 0. The fourth-order valence-electron chi connectivity index (χ4n) is 2.84. The normalized spacial score (nSPS) is 22.9. The minimum atomic E-state index is -3.54. The molecule has 0 saturated carbocycles. The van der Waals surface area contributed by atoms with E-state index in [0.29, 0.717) is 30.5 Å². The third-order valence-electron chi connectivity index (χ3n) is 4.55. The van der Waals surface area contributed by atoms with Crippen LogP contribution in [-0.2, 0) is 9.84 Å². The quantitative estimate of drug-likeness (QED) is 0.794. The molecule has 6 nitrogen and oxygen atoms in total. The molecule has 3 rings (SSSR count). The van der Waals surface area contributed by atoms with Crippen molar-refractivity contribution in [1.82, 2.24) is 9.88 Å². The lowest BCUT2D eigenvalue weighted by atomic mass is 10.0. The molecule has 2 aliphatic rings. The smallest absolute Gasteiger partial charge is 0.234 e. The number of sulfone groups is 1. The Labute approximate surface area is 155 Å². The minimum absolute atomic E-state index is 0.0358. The van der Waals surface area contributed by atoms with Crippen LogP contribution in [0.2, 0.25) is 0 Å². The van der Waals surface area contributed by atoms with Gasteiger partial charge in [0.25, 0.3) is 0 Å². The van der Waals surface area contributed by atoms with Gasteiger partial charge in [-0.2, -0.15) is 4.98 Å². The molecule has 0 spiro atoms. The SMILES string of the molecule is CC(C)/C1=C/C=C\c2cc3c(nc2N=C1)OCCN(C(C)C)CS3(=O)=O. The molecule has 1 aromatic rings. The molecule has 3 heterocycles. The fraction of sp³-hybridized carbons (Fsp3) is 0.474. The van der Waals surface area contributed by atoms with Gasteiger partial charge in [-0.25, -0.2) is 13.4 Å². The zero-order valence-electron chi connectivity index (χ0n) is 15.6. The highest BCUT2D eigenvalue weighted by atomic mass is 32.2. The Balaban J connectivity index is 2.07. The van der Waals surface area contributed by atoms with Crippen molar-refractivity contribution < 1.29 is 13.2 Å². The summed E-state index contributed by atoms with van der Waals surface area (Å²) < 4.78 is 31.5. The molecule has 1 aromatic heterocycles. The zero-order valence-corrected chi connectivity index (χ0v) is 16.5. The largest absolute Gasteiger partial charge is 0.475 e. The second kappa shape index (κ2) is 7.32. The van der Waals surface area contributed by atoms with E-state index in [1.165, 1.54) is 0 Å². The van der Waals surface area contributed by atoms with E-state index in [2.05, 4.69) is 23.8 Å².